The Morgan fingerprint density at radius 1 is 1.16 bits per heavy atom. The fourth-order valence-electron chi connectivity index (χ4n) is 3.67. The summed E-state index contributed by atoms with van der Waals surface area (Å²) in [6.07, 6.45) is 0.721. The maximum absolute atomic E-state index is 12.8. The Hall–Kier alpha value is -2.84. The fourth-order valence-corrected chi connectivity index (χ4v) is 4.54. The normalized spacial score (nSPS) is 16.2. The average Bonchev–Trinajstić information content (AvgIpc) is 3.21. The molecule has 1 fully saturated rings. The third kappa shape index (κ3) is 5.49. The first-order valence-corrected chi connectivity index (χ1v) is 11.9. The van der Waals surface area contributed by atoms with Crippen molar-refractivity contribution in [1.29, 1.82) is 0 Å². The van der Waals surface area contributed by atoms with Crippen molar-refractivity contribution < 1.29 is 14.3 Å². The molecule has 7 nitrogen and oxygen atoms in total. The molecule has 1 aliphatic heterocycles. The molecule has 8 heteroatoms. The second kappa shape index (κ2) is 10.7. The first-order valence-electron chi connectivity index (χ1n) is 10.9. The topological polar surface area (TPSA) is 69.5 Å². The zero-order valence-corrected chi connectivity index (χ0v) is 19.3. The van der Waals surface area contributed by atoms with E-state index < -0.39 is 0 Å². The second-order valence-corrected chi connectivity index (χ2v) is 8.58. The average molecular weight is 453 g/mol. The van der Waals surface area contributed by atoms with Gasteiger partial charge >= 0.3 is 0 Å². The zero-order valence-electron chi connectivity index (χ0n) is 18.4. The molecular formula is C24H28N4O3S. The van der Waals surface area contributed by atoms with E-state index in [0.29, 0.717) is 43.6 Å². The van der Waals surface area contributed by atoms with E-state index in [1.807, 2.05) is 65.8 Å². The molecule has 3 aromatic rings. The van der Waals surface area contributed by atoms with Crippen LogP contribution in [0.2, 0.25) is 0 Å². The molecule has 0 aliphatic carbocycles. The molecule has 0 saturated carbocycles. The number of ether oxygens (including phenoxy) is 2. The van der Waals surface area contributed by atoms with Crippen LogP contribution in [0.5, 0.6) is 5.75 Å². The Morgan fingerprint density at radius 3 is 2.66 bits per heavy atom. The van der Waals surface area contributed by atoms with Crippen molar-refractivity contribution in [1.82, 2.24) is 19.7 Å². The van der Waals surface area contributed by atoms with Crippen LogP contribution < -0.4 is 4.74 Å². The van der Waals surface area contributed by atoms with Crippen molar-refractivity contribution in [2.24, 2.45) is 0 Å². The third-order valence-corrected chi connectivity index (χ3v) is 6.14. The van der Waals surface area contributed by atoms with Crippen LogP contribution in [-0.2, 0) is 16.0 Å². The lowest BCUT2D eigenvalue weighted by atomic mass is 10.1. The van der Waals surface area contributed by atoms with E-state index in [0.717, 1.165) is 22.8 Å². The lowest BCUT2D eigenvalue weighted by molar-refractivity contribution is -0.135. The lowest BCUT2D eigenvalue weighted by Gasteiger charge is -2.31. The highest BCUT2D eigenvalue weighted by atomic mass is 32.2. The quantitative estimate of drug-likeness (QED) is 0.487. The highest BCUT2D eigenvalue weighted by molar-refractivity contribution is 7.99. The minimum absolute atomic E-state index is 0.0719. The summed E-state index contributed by atoms with van der Waals surface area (Å²) in [5.74, 6) is 2.05. The summed E-state index contributed by atoms with van der Waals surface area (Å²) in [5, 5.41) is 9.60. The highest BCUT2D eigenvalue weighted by Crippen LogP contribution is 2.25. The SMILES string of the molecule is CCOc1ccc(-n2c(Cc3ccccc3)nnc2SCC(=O)N2CCOC(C)C2)cc1. The minimum atomic E-state index is 0.0719. The number of benzene rings is 2. The van der Waals surface area contributed by atoms with E-state index in [1.54, 1.807) is 0 Å². The first-order chi connectivity index (χ1) is 15.6. The van der Waals surface area contributed by atoms with Crippen LogP contribution in [0.25, 0.3) is 5.69 Å². The first kappa shape index (κ1) is 22.4. The van der Waals surface area contributed by atoms with Crippen molar-refractivity contribution in [3.63, 3.8) is 0 Å². The largest absolute Gasteiger partial charge is 0.494 e. The molecule has 1 aromatic heterocycles. The molecule has 2 heterocycles. The Balaban J connectivity index is 1.56. The molecule has 32 heavy (non-hydrogen) atoms. The summed E-state index contributed by atoms with van der Waals surface area (Å²) in [4.78, 5) is 14.6. The van der Waals surface area contributed by atoms with E-state index in [4.69, 9.17) is 9.47 Å². The maximum atomic E-state index is 12.8. The standard InChI is InChI=1S/C24H28N4O3S/c1-3-30-21-11-9-20(10-12-21)28-22(15-19-7-5-4-6-8-19)25-26-24(28)32-17-23(29)27-13-14-31-18(2)16-27/h4-12,18H,3,13-17H2,1-2H3. The minimum Gasteiger partial charge on any atom is -0.494 e. The molecule has 0 radical (unpaired) electrons. The number of hydrogen-bond donors (Lipinski definition) is 0. The molecule has 1 aliphatic rings. The number of rotatable bonds is 8. The molecule has 2 aromatic carbocycles. The number of carbonyl (C=O) groups excluding carboxylic acids is 1. The van der Waals surface area contributed by atoms with Gasteiger partial charge in [-0.2, -0.15) is 0 Å². The predicted molar refractivity (Wildman–Crippen MR) is 124 cm³/mol. The number of nitrogens with zero attached hydrogens (tertiary/aromatic N) is 4. The van der Waals surface area contributed by atoms with Crippen LogP contribution in [0.4, 0.5) is 0 Å². The molecule has 168 valence electrons. The molecular weight excluding hydrogens is 424 g/mol. The van der Waals surface area contributed by atoms with Crippen molar-refractivity contribution in [3.05, 3.63) is 66.0 Å². The predicted octanol–water partition coefficient (Wildman–Crippen LogP) is 3.60. The van der Waals surface area contributed by atoms with E-state index in [2.05, 4.69) is 22.3 Å². The van der Waals surface area contributed by atoms with Crippen LogP contribution in [0.15, 0.2) is 59.8 Å². The van der Waals surface area contributed by atoms with E-state index in [9.17, 15) is 4.79 Å². The van der Waals surface area contributed by atoms with Gasteiger partial charge in [-0.05, 0) is 43.7 Å². The zero-order chi connectivity index (χ0) is 22.3. The van der Waals surface area contributed by atoms with E-state index >= 15 is 0 Å². The molecule has 1 saturated heterocycles. The van der Waals surface area contributed by atoms with Gasteiger partial charge in [0.05, 0.1) is 25.1 Å². The van der Waals surface area contributed by atoms with Gasteiger partial charge in [0.1, 0.15) is 11.6 Å². The second-order valence-electron chi connectivity index (χ2n) is 7.63. The lowest BCUT2D eigenvalue weighted by Crippen LogP contribution is -2.45. The molecule has 1 amide bonds. The summed E-state index contributed by atoms with van der Waals surface area (Å²) in [6, 6.07) is 18.1. The summed E-state index contributed by atoms with van der Waals surface area (Å²) >= 11 is 1.42. The number of morpholine rings is 1. The smallest absolute Gasteiger partial charge is 0.233 e. The number of thioether (sulfide) groups is 1. The Labute approximate surface area is 192 Å². The summed E-state index contributed by atoms with van der Waals surface area (Å²) in [7, 11) is 0. The van der Waals surface area contributed by atoms with Crippen LogP contribution in [0, 0.1) is 0 Å². The van der Waals surface area contributed by atoms with Gasteiger partial charge in [-0.25, -0.2) is 0 Å². The maximum Gasteiger partial charge on any atom is 0.233 e. The van der Waals surface area contributed by atoms with Crippen molar-refractivity contribution >= 4 is 17.7 Å². The van der Waals surface area contributed by atoms with Crippen molar-refractivity contribution in [3.8, 4) is 11.4 Å². The Kier molecular flexibility index (Phi) is 7.44. The van der Waals surface area contributed by atoms with Crippen LogP contribution in [-0.4, -0.2) is 63.7 Å². The van der Waals surface area contributed by atoms with Crippen LogP contribution in [0.3, 0.4) is 0 Å². The summed E-state index contributed by atoms with van der Waals surface area (Å²) in [5.41, 5.74) is 2.10. The number of amides is 1. The molecule has 4 rings (SSSR count). The molecule has 0 spiro atoms. The van der Waals surface area contributed by atoms with Gasteiger partial charge in [0.2, 0.25) is 5.91 Å². The molecule has 0 bridgehead atoms. The van der Waals surface area contributed by atoms with E-state index in [1.165, 1.54) is 11.8 Å². The van der Waals surface area contributed by atoms with Gasteiger partial charge in [-0.15, -0.1) is 10.2 Å². The van der Waals surface area contributed by atoms with E-state index in [-0.39, 0.29) is 12.0 Å². The fraction of sp³-hybridized carbons (Fsp3) is 0.375. The summed E-state index contributed by atoms with van der Waals surface area (Å²) < 4.78 is 13.2. The van der Waals surface area contributed by atoms with Gasteiger partial charge in [0.15, 0.2) is 5.16 Å². The molecule has 1 unspecified atom stereocenters. The number of aromatic nitrogens is 3. The van der Waals surface area contributed by atoms with Gasteiger partial charge in [-0.3, -0.25) is 9.36 Å². The number of carbonyl (C=O) groups is 1. The van der Waals surface area contributed by atoms with Crippen LogP contribution >= 0.6 is 11.8 Å². The van der Waals surface area contributed by atoms with Crippen molar-refractivity contribution in [2.45, 2.75) is 31.5 Å². The van der Waals surface area contributed by atoms with Crippen LogP contribution in [0.1, 0.15) is 25.2 Å². The van der Waals surface area contributed by atoms with Gasteiger partial charge in [0, 0.05) is 25.2 Å². The number of hydrogen-bond acceptors (Lipinski definition) is 6. The summed E-state index contributed by atoms with van der Waals surface area (Å²) in [6.45, 7) is 6.42. The third-order valence-electron chi connectivity index (χ3n) is 5.23. The van der Waals surface area contributed by atoms with Gasteiger partial charge in [0.25, 0.3) is 0 Å². The highest BCUT2D eigenvalue weighted by Gasteiger charge is 2.23. The Bertz CT molecular complexity index is 1020. The van der Waals surface area contributed by atoms with Gasteiger partial charge < -0.3 is 14.4 Å². The van der Waals surface area contributed by atoms with Gasteiger partial charge in [-0.1, -0.05) is 42.1 Å². The molecule has 1 atom stereocenters. The molecule has 0 N–H and O–H groups in total. The van der Waals surface area contributed by atoms with Crippen molar-refractivity contribution in [2.75, 3.05) is 32.1 Å². The Morgan fingerprint density at radius 2 is 1.94 bits per heavy atom. The monoisotopic (exact) mass is 452 g/mol.